The summed E-state index contributed by atoms with van der Waals surface area (Å²) in [7, 11) is 0. The van der Waals surface area contributed by atoms with E-state index in [0.717, 1.165) is 15.9 Å². The normalized spacial score (nSPS) is 11.4. The van der Waals surface area contributed by atoms with Gasteiger partial charge in [-0.15, -0.1) is 0 Å². The van der Waals surface area contributed by atoms with E-state index in [-0.39, 0.29) is 0 Å². The Balaban J connectivity index is 2.68. The number of hydrogen-bond donors (Lipinski definition) is 0. The van der Waals surface area contributed by atoms with Crippen LogP contribution in [0.4, 0.5) is 0 Å². The van der Waals surface area contributed by atoms with Crippen LogP contribution in [0, 0.1) is 0 Å². The number of rotatable bonds is 1. The van der Waals surface area contributed by atoms with E-state index in [4.69, 9.17) is 11.6 Å². The van der Waals surface area contributed by atoms with E-state index in [1.165, 1.54) is 0 Å². The molecule has 0 fully saturated rings. The average Bonchev–Trinajstić information content (AvgIpc) is 2.49. The SMILES string of the molecule is CC(C)n1cc2cccc(Cl)c2n1. The highest BCUT2D eigenvalue weighted by Gasteiger charge is 2.05. The van der Waals surface area contributed by atoms with E-state index in [9.17, 15) is 0 Å². The van der Waals surface area contributed by atoms with Crippen LogP contribution >= 0.6 is 11.6 Å². The summed E-state index contributed by atoms with van der Waals surface area (Å²) in [5, 5.41) is 6.21. The second kappa shape index (κ2) is 3.04. The summed E-state index contributed by atoms with van der Waals surface area (Å²) in [6, 6.07) is 6.20. The zero-order valence-corrected chi connectivity index (χ0v) is 8.42. The standard InChI is InChI=1S/C10H11ClN2/c1-7(2)13-6-8-4-3-5-9(11)10(8)12-13/h3-7H,1-2H3. The minimum absolute atomic E-state index is 0.378. The summed E-state index contributed by atoms with van der Waals surface area (Å²) in [5.41, 5.74) is 0.887. The van der Waals surface area contributed by atoms with Crippen molar-refractivity contribution in [2.24, 2.45) is 0 Å². The third-order valence-corrected chi connectivity index (χ3v) is 2.34. The van der Waals surface area contributed by atoms with Gasteiger partial charge in [0.25, 0.3) is 0 Å². The Bertz CT molecular complexity index is 431. The number of halogens is 1. The Morgan fingerprint density at radius 3 is 2.77 bits per heavy atom. The Morgan fingerprint density at radius 1 is 1.38 bits per heavy atom. The summed E-state index contributed by atoms with van der Waals surface area (Å²) in [5.74, 6) is 0. The van der Waals surface area contributed by atoms with Crippen LogP contribution in [0.1, 0.15) is 19.9 Å². The van der Waals surface area contributed by atoms with Gasteiger partial charge < -0.3 is 0 Å². The van der Waals surface area contributed by atoms with Gasteiger partial charge in [-0.05, 0) is 19.9 Å². The van der Waals surface area contributed by atoms with Crippen molar-refractivity contribution in [3.05, 3.63) is 29.4 Å². The highest BCUT2D eigenvalue weighted by atomic mass is 35.5. The van der Waals surface area contributed by atoms with Crippen LogP contribution in [0.5, 0.6) is 0 Å². The number of fused-ring (bicyclic) bond motifs is 1. The molecule has 1 aromatic heterocycles. The van der Waals surface area contributed by atoms with Crippen molar-refractivity contribution in [1.82, 2.24) is 9.78 Å². The quantitative estimate of drug-likeness (QED) is 0.682. The van der Waals surface area contributed by atoms with Crippen LogP contribution in [-0.4, -0.2) is 9.78 Å². The van der Waals surface area contributed by atoms with Gasteiger partial charge in [-0.3, -0.25) is 4.68 Å². The van der Waals surface area contributed by atoms with Gasteiger partial charge in [0.05, 0.1) is 5.02 Å². The molecule has 1 aromatic carbocycles. The Kier molecular flexibility index (Phi) is 2.00. The third-order valence-electron chi connectivity index (χ3n) is 2.03. The van der Waals surface area contributed by atoms with Crippen molar-refractivity contribution in [3.63, 3.8) is 0 Å². The molecule has 2 nitrogen and oxygen atoms in total. The largest absolute Gasteiger partial charge is 0.269 e. The fraction of sp³-hybridized carbons (Fsp3) is 0.300. The molecule has 0 spiro atoms. The van der Waals surface area contributed by atoms with Crippen molar-refractivity contribution < 1.29 is 0 Å². The van der Waals surface area contributed by atoms with Gasteiger partial charge in [0.1, 0.15) is 5.52 Å². The van der Waals surface area contributed by atoms with E-state index < -0.39 is 0 Å². The highest BCUT2D eigenvalue weighted by Crippen LogP contribution is 2.22. The number of nitrogens with zero attached hydrogens (tertiary/aromatic N) is 2. The van der Waals surface area contributed by atoms with Crippen molar-refractivity contribution in [2.45, 2.75) is 19.9 Å². The minimum Gasteiger partial charge on any atom is -0.269 e. The first-order valence-electron chi connectivity index (χ1n) is 4.32. The van der Waals surface area contributed by atoms with Gasteiger partial charge in [-0.2, -0.15) is 5.10 Å². The van der Waals surface area contributed by atoms with E-state index in [2.05, 4.69) is 18.9 Å². The first kappa shape index (κ1) is 8.57. The first-order valence-corrected chi connectivity index (χ1v) is 4.69. The highest BCUT2D eigenvalue weighted by molar-refractivity contribution is 6.35. The van der Waals surface area contributed by atoms with Gasteiger partial charge in [0.15, 0.2) is 0 Å². The Hall–Kier alpha value is -1.02. The molecule has 0 radical (unpaired) electrons. The second-order valence-electron chi connectivity index (χ2n) is 3.38. The molecule has 2 rings (SSSR count). The molecular formula is C10H11ClN2. The number of benzene rings is 1. The molecule has 0 amide bonds. The maximum Gasteiger partial charge on any atom is 0.111 e. The van der Waals surface area contributed by atoms with Gasteiger partial charge in [0.2, 0.25) is 0 Å². The van der Waals surface area contributed by atoms with Crippen LogP contribution in [0.2, 0.25) is 5.02 Å². The monoisotopic (exact) mass is 194 g/mol. The van der Waals surface area contributed by atoms with Gasteiger partial charge in [-0.1, -0.05) is 23.7 Å². The molecule has 0 N–H and O–H groups in total. The predicted octanol–water partition coefficient (Wildman–Crippen LogP) is 3.27. The molecule has 0 unspecified atom stereocenters. The molecular weight excluding hydrogens is 184 g/mol. The molecule has 1 heterocycles. The first-order chi connectivity index (χ1) is 6.18. The van der Waals surface area contributed by atoms with Crippen LogP contribution in [-0.2, 0) is 0 Å². The molecule has 0 saturated carbocycles. The molecule has 2 aromatic rings. The summed E-state index contributed by atoms with van der Waals surface area (Å²) >= 11 is 6.00. The van der Waals surface area contributed by atoms with Crippen LogP contribution in [0.25, 0.3) is 10.9 Å². The lowest BCUT2D eigenvalue weighted by molar-refractivity contribution is 0.537. The molecule has 3 heteroatoms. The molecule has 0 bridgehead atoms. The van der Waals surface area contributed by atoms with Crippen molar-refractivity contribution in [2.75, 3.05) is 0 Å². The van der Waals surface area contributed by atoms with Crippen molar-refractivity contribution in [3.8, 4) is 0 Å². The minimum atomic E-state index is 0.378. The maximum absolute atomic E-state index is 6.00. The summed E-state index contributed by atoms with van der Waals surface area (Å²) in [4.78, 5) is 0. The van der Waals surface area contributed by atoms with Crippen LogP contribution in [0.15, 0.2) is 24.4 Å². The fourth-order valence-electron chi connectivity index (χ4n) is 1.29. The molecule has 0 saturated heterocycles. The summed E-state index contributed by atoms with van der Waals surface area (Å²) < 4.78 is 1.93. The van der Waals surface area contributed by atoms with Crippen LogP contribution in [0.3, 0.4) is 0 Å². The Labute approximate surface area is 82.1 Å². The van der Waals surface area contributed by atoms with Gasteiger partial charge >= 0.3 is 0 Å². The van der Waals surface area contributed by atoms with E-state index in [0.29, 0.717) is 6.04 Å². The Morgan fingerprint density at radius 2 is 2.15 bits per heavy atom. The van der Waals surface area contributed by atoms with Gasteiger partial charge in [-0.25, -0.2) is 0 Å². The maximum atomic E-state index is 6.00. The molecule has 0 atom stereocenters. The number of hydrogen-bond acceptors (Lipinski definition) is 1. The summed E-state index contributed by atoms with van der Waals surface area (Å²) in [6.07, 6.45) is 2.02. The van der Waals surface area contributed by atoms with E-state index in [1.807, 2.05) is 29.1 Å². The van der Waals surface area contributed by atoms with Crippen molar-refractivity contribution in [1.29, 1.82) is 0 Å². The lowest BCUT2D eigenvalue weighted by Gasteiger charge is -2.02. The lowest BCUT2D eigenvalue weighted by Crippen LogP contribution is -1.99. The molecule has 0 aliphatic carbocycles. The smallest absolute Gasteiger partial charge is 0.111 e. The lowest BCUT2D eigenvalue weighted by atomic mass is 10.3. The predicted molar refractivity (Wildman–Crippen MR) is 55.1 cm³/mol. The number of aromatic nitrogens is 2. The fourth-order valence-corrected chi connectivity index (χ4v) is 1.51. The summed E-state index contributed by atoms with van der Waals surface area (Å²) in [6.45, 7) is 4.19. The van der Waals surface area contributed by atoms with Crippen molar-refractivity contribution >= 4 is 22.5 Å². The third kappa shape index (κ3) is 1.42. The molecule has 0 aliphatic heterocycles. The van der Waals surface area contributed by atoms with Crippen LogP contribution < -0.4 is 0 Å². The van der Waals surface area contributed by atoms with Gasteiger partial charge in [0, 0.05) is 17.6 Å². The molecule has 0 aliphatic rings. The van der Waals surface area contributed by atoms with E-state index in [1.54, 1.807) is 0 Å². The molecule has 68 valence electrons. The molecule has 13 heavy (non-hydrogen) atoms. The topological polar surface area (TPSA) is 17.8 Å². The zero-order chi connectivity index (χ0) is 9.42. The zero-order valence-electron chi connectivity index (χ0n) is 7.66. The van der Waals surface area contributed by atoms with E-state index >= 15 is 0 Å². The second-order valence-corrected chi connectivity index (χ2v) is 3.79. The average molecular weight is 195 g/mol.